The molecular weight excluding hydrogens is 430 g/mol. The topological polar surface area (TPSA) is 85.1 Å². The van der Waals surface area contributed by atoms with Crippen molar-refractivity contribution in [2.45, 2.75) is 39.7 Å². The zero-order chi connectivity index (χ0) is 24.2. The number of nitrogens with zero attached hydrogens (tertiary/aromatic N) is 4. The zero-order valence-corrected chi connectivity index (χ0v) is 19.8. The van der Waals surface area contributed by atoms with E-state index in [0.29, 0.717) is 24.4 Å². The Kier molecular flexibility index (Phi) is 6.86. The smallest absolute Gasteiger partial charge is 0.322 e. The summed E-state index contributed by atoms with van der Waals surface area (Å²) in [6, 6.07) is 16.1. The lowest BCUT2D eigenvalue weighted by molar-refractivity contribution is -0.426. The summed E-state index contributed by atoms with van der Waals surface area (Å²) in [6.45, 7) is 6.27. The number of urea groups is 1. The number of fused-ring (bicyclic) bond motifs is 1. The van der Waals surface area contributed by atoms with Gasteiger partial charge >= 0.3 is 11.9 Å². The largest absolute Gasteiger partial charge is 0.501 e. The van der Waals surface area contributed by atoms with Crippen LogP contribution in [0, 0.1) is 0 Å². The standard InChI is InChI=1S/C26H29N5O3/c1-4-20-13-9-10-14-21(20)27-22(32)17-30-23-18(3)28-31(5-2)24(23)25(33)29(26(30)34)16-15-19-11-7-6-8-12-19/h6-14,24H,4-5,15-17H2,1-3H3/p+1. The number of imide groups is 1. The first-order valence-corrected chi connectivity index (χ1v) is 11.7. The molecule has 176 valence electrons. The lowest BCUT2D eigenvalue weighted by atomic mass is 10.0. The van der Waals surface area contributed by atoms with E-state index >= 15 is 0 Å². The fraction of sp³-hybridized carbons (Fsp3) is 0.346. The highest BCUT2D eigenvalue weighted by Gasteiger charge is 2.54. The van der Waals surface area contributed by atoms with Crippen LogP contribution in [-0.2, 0) is 22.4 Å². The Bertz CT molecular complexity index is 1170. The third-order valence-electron chi connectivity index (χ3n) is 6.22. The Morgan fingerprint density at radius 1 is 1.06 bits per heavy atom. The van der Waals surface area contributed by atoms with Crippen LogP contribution in [-0.4, -0.2) is 69.4 Å². The van der Waals surface area contributed by atoms with Gasteiger partial charge in [-0.3, -0.25) is 9.80 Å². The molecule has 2 aromatic carbocycles. The molecule has 2 aliphatic rings. The lowest BCUT2D eigenvalue weighted by Crippen LogP contribution is -2.61. The van der Waals surface area contributed by atoms with E-state index in [2.05, 4.69) is 10.4 Å². The van der Waals surface area contributed by atoms with Crippen molar-refractivity contribution in [2.75, 3.05) is 25.0 Å². The van der Waals surface area contributed by atoms with Gasteiger partial charge in [-0.15, -0.1) is 0 Å². The van der Waals surface area contributed by atoms with Crippen molar-refractivity contribution in [1.29, 1.82) is 0 Å². The molecule has 2 heterocycles. The number of amides is 4. The van der Waals surface area contributed by atoms with Crippen molar-refractivity contribution in [2.24, 2.45) is 5.10 Å². The van der Waals surface area contributed by atoms with Gasteiger partial charge in [0.25, 0.3) is 5.91 Å². The number of aryl methyl sites for hydroxylation is 1. The van der Waals surface area contributed by atoms with Gasteiger partial charge in [-0.1, -0.05) is 55.5 Å². The normalized spacial score (nSPS) is 17.7. The van der Waals surface area contributed by atoms with Crippen molar-refractivity contribution < 1.29 is 19.0 Å². The summed E-state index contributed by atoms with van der Waals surface area (Å²) in [5.41, 5.74) is 3.85. The van der Waals surface area contributed by atoms with E-state index in [1.807, 2.05) is 68.4 Å². The van der Waals surface area contributed by atoms with Crippen LogP contribution in [0.15, 0.2) is 59.7 Å². The van der Waals surface area contributed by atoms with Crippen molar-refractivity contribution in [3.63, 3.8) is 0 Å². The van der Waals surface area contributed by atoms with Crippen LogP contribution in [0.25, 0.3) is 0 Å². The van der Waals surface area contributed by atoms with E-state index < -0.39 is 12.1 Å². The van der Waals surface area contributed by atoms with Gasteiger partial charge in [0.2, 0.25) is 6.04 Å². The maximum atomic E-state index is 13.5. The number of benzene rings is 2. The predicted octanol–water partition coefficient (Wildman–Crippen LogP) is 2.93. The molecule has 0 saturated heterocycles. The molecule has 1 atom stereocenters. The van der Waals surface area contributed by atoms with Crippen molar-refractivity contribution in [1.82, 2.24) is 9.91 Å². The molecule has 0 aliphatic carbocycles. The Hall–Kier alpha value is -3.81. The second kappa shape index (κ2) is 9.99. The predicted molar refractivity (Wildman–Crippen MR) is 131 cm³/mol. The second-order valence-electron chi connectivity index (χ2n) is 8.38. The van der Waals surface area contributed by atoms with Gasteiger partial charge in [0, 0.05) is 18.7 Å². The average molecular weight is 461 g/mol. The second-order valence-corrected chi connectivity index (χ2v) is 8.38. The van der Waals surface area contributed by atoms with Gasteiger partial charge in [-0.05, 0) is 37.5 Å². The fourth-order valence-electron chi connectivity index (χ4n) is 4.50. The van der Waals surface area contributed by atoms with Crippen LogP contribution in [0.5, 0.6) is 0 Å². The Balaban J connectivity index is 1.62. The molecule has 8 nitrogen and oxygen atoms in total. The summed E-state index contributed by atoms with van der Waals surface area (Å²) in [5.74, 6) is -0.619. The molecule has 8 heteroatoms. The molecule has 0 bridgehead atoms. The van der Waals surface area contributed by atoms with Gasteiger partial charge in [0.1, 0.15) is 12.3 Å². The molecule has 2 aliphatic heterocycles. The summed E-state index contributed by atoms with van der Waals surface area (Å²) in [7, 11) is 0. The summed E-state index contributed by atoms with van der Waals surface area (Å²) >= 11 is 0. The Morgan fingerprint density at radius 3 is 2.47 bits per heavy atom. The Morgan fingerprint density at radius 2 is 1.76 bits per heavy atom. The molecule has 0 radical (unpaired) electrons. The highest BCUT2D eigenvalue weighted by Crippen LogP contribution is 2.22. The molecule has 0 spiro atoms. The molecule has 1 unspecified atom stereocenters. The molecular formula is C26H30N5O3+. The first-order chi connectivity index (χ1) is 16.4. The number of likely N-dealkylation sites (N-methyl/N-ethyl adjacent to an activating group) is 1. The van der Waals surface area contributed by atoms with Crippen LogP contribution in [0.4, 0.5) is 10.5 Å². The average Bonchev–Trinajstić information content (AvgIpc) is 3.19. The summed E-state index contributed by atoms with van der Waals surface area (Å²) in [6.07, 6.45) is 1.31. The quantitative estimate of drug-likeness (QED) is 0.614. The minimum absolute atomic E-state index is 0.192. The first kappa shape index (κ1) is 23.4. The number of nitrogens with one attached hydrogen (secondary N) is 1. The number of hydrogen-bond donors (Lipinski definition) is 1. The van der Waals surface area contributed by atoms with Gasteiger partial charge in [0.05, 0.1) is 0 Å². The lowest BCUT2D eigenvalue weighted by Gasteiger charge is -2.28. The SMILES string of the molecule is CCc1ccccc1NC(=O)C[N+]1=C2C(C)=NN(CC)C2C(=O)N(CCc2ccccc2)C1=O. The minimum atomic E-state index is -0.700. The van der Waals surface area contributed by atoms with Gasteiger partial charge < -0.3 is 5.32 Å². The van der Waals surface area contributed by atoms with Crippen molar-refractivity contribution in [3.8, 4) is 0 Å². The summed E-state index contributed by atoms with van der Waals surface area (Å²) in [4.78, 5) is 41.2. The summed E-state index contributed by atoms with van der Waals surface area (Å²) < 4.78 is 1.41. The fourth-order valence-corrected chi connectivity index (χ4v) is 4.50. The molecule has 4 rings (SSSR count). The first-order valence-electron chi connectivity index (χ1n) is 11.7. The zero-order valence-electron chi connectivity index (χ0n) is 19.8. The Labute approximate surface area is 199 Å². The van der Waals surface area contributed by atoms with Crippen LogP contribution in [0.3, 0.4) is 0 Å². The highest BCUT2D eigenvalue weighted by atomic mass is 16.2. The molecule has 34 heavy (non-hydrogen) atoms. The van der Waals surface area contributed by atoms with Crippen LogP contribution in [0.1, 0.15) is 31.9 Å². The number of anilines is 1. The number of hydrazone groups is 1. The summed E-state index contributed by atoms with van der Waals surface area (Å²) in [5, 5.41) is 9.11. The molecule has 0 saturated carbocycles. The van der Waals surface area contributed by atoms with E-state index in [0.717, 1.165) is 23.2 Å². The number of para-hydroxylation sites is 1. The number of hydrogen-bond acceptors (Lipinski definition) is 5. The van der Waals surface area contributed by atoms with E-state index in [9.17, 15) is 14.4 Å². The van der Waals surface area contributed by atoms with Crippen LogP contribution < -0.4 is 5.32 Å². The molecule has 0 fully saturated rings. The highest BCUT2D eigenvalue weighted by molar-refractivity contribution is 6.48. The number of carbonyl (C=O) groups excluding carboxylic acids is 3. The maximum Gasteiger partial charge on any atom is 0.501 e. The molecule has 1 N–H and O–H groups in total. The third-order valence-corrected chi connectivity index (χ3v) is 6.22. The van der Waals surface area contributed by atoms with E-state index in [-0.39, 0.29) is 24.9 Å². The maximum absolute atomic E-state index is 13.5. The van der Waals surface area contributed by atoms with Crippen LogP contribution in [0.2, 0.25) is 0 Å². The van der Waals surface area contributed by atoms with Crippen molar-refractivity contribution >= 4 is 35.0 Å². The molecule has 4 amide bonds. The number of rotatable bonds is 8. The molecule has 0 aromatic heterocycles. The number of carbonyl (C=O) groups is 3. The minimum Gasteiger partial charge on any atom is -0.322 e. The van der Waals surface area contributed by atoms with Crippen molar-refractivity contribution in [3.05, 3.63) is 65.7 Å². The van der Waals surface area contributed by atoms with E-state index in [1.165, 1.54) is 9.48 Å². The van der Waals surface area contributed by atoms with Gasteiger partial charge in [0.15, 0.2) is 12.3 Å². The van der Waals surface area contributed by atoms with E-state index in [1.54, 1.807) is 11.9 Å². The third kappa shape index (κ3) is 4.48. The van der Waals surface area contributed by atoms with E-state index in [4.69, 9.17) is 0 Å². The van der Waals surface area contributed by atoms with Gasteiger partial charge in [-0.25, -0.2) is 4.79 Å². The van der Waals surface area contributed by atoms with Crippen LogP contribution >= 0.6 is 0 Å². The van der Waals surface area contributed by atoms with Gasteiger partial charge in [-0.2, -0.15) is 19.4 Å². The monoisotopic (exact) mass is 460 g/mol. The molecule has 2 aromatic rings.